The minimum atomic E-state index is -0.0125. The molecule has 4 nitrogen and oxygen atoms in total. The number of piperazine rings is 1. The normalized spacial score (nSPS) is 23.8. The topological polar surface area (TPSA) is 44.4 Å². The zero-order chi connectivity index (χ0) is 13.1. The van der Waals surface area contributed by atoms with Crippen LogP contribution in [0.2, 0.25) is 0 Å². The molecule has 1 aliphatic rings. The van der Waals surface area contributed by atoms with E-state index in [1.807, 2.05) is 36.1 Å². The van der Waals surface area contributed by atoms with Gasteiger partial charge in [-0.1, -0.05) is 12.1 Å². The predicted molar refractivity (Wildman–Crippen MR) is 73.8 cm³/mol. The van der Waals surface area contributed by atoms with Gasteiger partial charge in [0, 0.05) is 30.9 Å². The molecule has 1 heterocycles. The summed E-state index contributed by atoms with van der Waals surface area (Å²) in [7, 11) is 0. The van der Waals surface area contributed by atoms with Gasteiger partial charge in [-0.05, 0) is 38.5 Å². The Balaban J connectivity index is 2.02. The second-order valence-corrected chi connectivity index (χ2v) is 5.11. The minimum Gasteiger partial charge on any atom is -0.319 e. The number of urea groups is 1. The molecule has 2 rings (SSSR count). The summed E-state index contributed by atoms with van der Waals surface area (Å²) in [5.74, 6) is 0. The van der Waals surface area contributed by atoms with Crippen molar-refractivity contribution in [2.45, 2.75) is 32.9 Å². The number of hydrogen-bond donors (Lipinski definition) is 2. The van der Waals surface area contributed by atoms with Crippen molar-refractivity contribution >= 4 is 11.7 Å². The molecule has 2 atom stereocenters. The molecular formula is C14H21N3O. The Morgan fingerprint density at radius 2 is 2.22 bits per heavy atom. The lowest BCUT2D eigenvalue weighted by Gasteiger charge is -2.37. The first-order valence-electron chi connectivity index (χ1n) is 6.44. The summed E-state index contributed by atoms with van der Waals surface area (Å²) < 4.78 is 0. The van der Waals surface area contributed by atoms with Crippen molar-refractivity contribution in [3.63, 3.8) is 0 Å². The van der Waals surface area contributed by atoms with Gasteiger partial charge < -0.3 is 15.5 Å². The molecule has 4 heteroatoms. The van der Waals surface area contributed by atoms with Crippen molar-refractivity contribution in [1.82, 2.24) is 10.2 Å². The molecule has 0 aliphatic carbocycles. The van der Waals surface area contributed by atoms with Crippen LogP contribution in [0.4, 0.5) is 10.5 Å². The Morgan fingerprint density at radius 1 is 1.44 bits per heavy atom. The van der Waals surface area contributed by atoms with Crippen LogP contribution in [0.3, 0.4) is 0 Å². The average molecular weight is 247 g/mol. The minimum absolute atomic E-state index is 0.0125. The lowest BCUT2D eigenvalue weighted by Crippen LogP contribution is -2.57. The smallest absolute Gasteiger partial charge is 0.319 e. The molecular weight excluding hydrogens is 226 g/mol. The van der Waals surface area contributed by atoms with Gasteiger partial charge in [-0.2, -0.15) is 0 Å². The molecule has 2 N–H and O–H groups in total. The van der Waals surface area contributed by atoms with E-state index in [0.717, 1.165) is 24.3 Å². The first-order chi connectivity index (χ1) is 8.56. The number of rotatable bonds is 1. The summed E-state index contributed by atoms with van der Waals surface area (Å²) in [4.78, 5) is 14.1. The van der Waals surface area contributed by atoms with Gasteiger partial charge in [0.2, 0.25) is 0 Å². The molecule has 0 radical (unpaired) electrons. The van der Waals surface area contributed by atoms with Crippen LogP contribution in [0, 0.1) is 6.92 Å². The highest BCUT2D eigenvalue weighted by Crippen LogP contribution is 2.13. The number of nitrogens with one attached hydrogen (secondary N) is 2. The van der Waals surface area contributed by atoms with Gasteiger partial charge in [0.25, 0.3) is 0 Å². The fourth-order valence-corrected chi connectivity index (χ4v) is 2.22. The molecule has 0 saturated carbocycles. The van der Waals surface area contributed by atoms with E-state index in [2.05, 4.69) is 24.5 Å². The van der Waals surface area contributed by atoms with Crippen LogP contribution in [0.1, 0.15) is 19.4 Å². The summed E-state index contributed by atoms with van der Waals surface area (Å²) in [6.45, 7) is 7.78. The Labute approximate surface area is 108 Å². The molecule has 98 valence electrons. The Bertz CT molecular complexity index is 433. The standard InChI is InChI=1S/C14H21N3O/c1-10-5-4-6-13(7-10)16-14(18)17-9-11(2)15-8-12(17)3/h4-7,11-12,15H,8-9H2,1-3H3,(H,16,18). The van der Waals surface area contributed by atoms with E-state index < -0.39 is 0 Å². The van der Waals surface area contributed by atoms with Crippen LogP contribution >= 0.6 is 0 Å². The summed E-state index contributed by atoms with van der Waals surface area (Å²) in [6.07, 6.45) is 0. The number of amides is 2. The van der Waals surface area contributed by atoms with E-state index >= 15 is 0 Å². The maximum absolute atomic E-state index is 12.2. The molecule has 18 heavy (non-hydrogen) atoms. The Kier molecular flexibility index (Phi) is 3.87. The highest BCUT2D eigenvalue weighted by Gasteiger charge is 2.26. The van der Waals surface area contributed by atoms with E-state index in [4.69, 9.17) is 0 Å². The van der Waals surface area contributed by atoms with Crippen molar-refractivity contribution < 1.29 is 4.79 Å². The summed E-state index contributed by atoms with van der Waals surface area (Å²) >= 11 is 0. The SMILES string of the molecule is Cc1cccc(NC(=O)N2CC(C)NCC2C)c1. The first kappa shape index (κ1) is 12.9. The number of carbonyl (C=O) groups excluding carboxylic acids is 1. The van der Waals surface area contributed by atoms with Crippen molar-refractivity contribution in [1.29, 1.82) is 0 Å². The molecule has 0 spiro atoms. The molecule has 2 amide bonds. The number of anilines is 1. The van der Waals surface area contributed by atoms with Crippen LogP contribution < -0.4 is 10.6 Å². The molecule has 0 aromatic heterocycles. The molecule has 1 saturated heterocycles. The molecule has 1 aromatic carbocycles. The van der Waals surface area contributed by atoms with Crippen LogP contribution in [0.15, 0.2) is 24.3 Å². The maximum Gasteiger partial charge on any atom is 0.322 e. The van der Waals surface area contributed by atoms with Crippen molar-refractivity contribution in [3.05, 3.63) is 29.8 Å². The van der Waals surface area contributed by atoms with Gasteiger partial charge in [-0.3, -0.25) is 0 Å². The van der Waals surface area contributed by atoms with E-state index in [0.29, 0.717) is 6.04 Å². The van der Waals surface area contributed by atoms with E-state index in [9.17, 15) is 4.79 Å². The van der Waals surface area contributed by atoms with Crippen LogP contribution in [-0.2, 0) is 0 Å². The highest BCUT2D eigenvalue weighted by molar-refractivity contribution is 5.89. The Morgan fingerprint density at radius 3 is 2.94 bits per heavy atom. The zero-order valence-electron chi connectivity index (χ0n) is 11.2. The number of benzene rings is 1. The van der Waals surface area contributed by atoms with Crippen molar-refractivity contribution in [3.8, 4) is 0 Å². The first-order valence-corrected chi connectivity index (χ1v) is 6.44. The third-order valence-corrected chi connectivity index (χ3v) is 3.29. The summed E-state index contributed by atoms with van der Waals surface area (Å²) in [6, 6.07) is 8.44. The van der Waals surface area contributed by atoms with Crippen LogP contribution in [-0.4, -0.2) is 36.1 Å². The average Bonchev–Trinajstić information content (AvgIpc) is 2.32. The number of hydrogen-bond acceptors (Lipinski definition) is 2. The van der Waals surface area contributed by atoms with Gasteiger partial charge in [-0.25, -0.2) is 4.79 Å². The third kappa shape index (κ3) is 3.01. The molecule has 1 fully saturated rings. The molecule has 1 aliphatic heterocycles. The molecule has 0 bridgehead atoms. The fraction of sp³-hybridized carbons (Fsp3) is 0.500. The van der Waals surface area contributed by atoms with Crippen molar-refractivity contribution in [2.75, 3.05) is 18.4 Å². The molecule has 2 unspecified atom stereocenters. The number of carbonyl (C=O) groups is 1. The second kappa shape index (κ2) is 5.40. The monoisotopic (exact) mass is 247 g/mol. The van der Waals surface area contributed by atoms with Crippen LogP contribution in [0.25, 0.3) is 0 Å². The highest BCUT2D eigenvalue weighted by atomic mass is 16.2. The van der Waals surface area contributed by atoms with Gasteiger partial charge in [0.05, 0.1) is 0 Å². The third-order valence-electron chi connectivity index (χ3n) is 3.29. The fourth-order valence-electron chi connectivity index (χ4n) is 2.22. The molecule has 1 aromatic rings. The lowest BCUT2D eigenvalue weighted by atomic mass is 10.1. The van der Waals surface area contributed by atoms with Gasteiger partial charge >= 0.3 is 6.03 Å². The second-order valence-electron chi connectivity index (χ2n) is 5.11. The summed E-state index contributed by atoms with van der Waals surface area (Å²) in [5.41, 5.74) is 2.01. The summed E-state index contributed by atoms with van der Waals surface area (Å²) in [5, 5.41) is 6.33. The van der Waals surface area contributed by atoms with Gasteiger partial charge in [0.15, 0.2) is 0 Å². The quantitative estimate of drug-likeness (QED) is 0.799. The van der Waals surface area contributed by atoms with Gasteiger partial charge in [-0.15, -0.1) is 0 Å². The number of aryl methyl sites for hydroxylation is 1. The van der Waals surface area contributed by atoms with Crippen molar-refractivity contribution in [2.24, 2.45) is 0 Å². The predicted octanol–water partition coefficient (Wildman–Crippen LogP) is 2.21. The van der Waals surface area contributed by atoms with Gasteiger partial charge in [0.1, 0.15) is 0 Å². The van der Waals surface area contributed by atoms with Crippen LogP contribution in [0.5, 0.6) is 0 Å². The largest absolute Gasteiger partial charge is 0.322 e. The lowest BCUT2D eigenvalue weighted by molar-refractivity contribution is 0.162. The van der Waals surface area contributed by atoms with E-state index in [1.54, 1.807) is 0 Å². The Hall–Kier alpha value is -1.55. The van der Waals surface area contributed by atoms with E-state index in [1.165, 1.54) is 0 Å². The maximum atomic E-state index is 12.2. The zero-order valence-corrected chi connectivity index (χ0v) is 11.2. The van der Waals surface area contributed by atoms with E-state index in [-0.39, 0.29) is 12.1 Å². The number of nitrogens with zero attached hydrogens (tertiary/aromatic N) is 1.